The van der Waals surface area contributed by atoms with E-state index >= 15 is 0 Å². The van der Waals surface area contributed by atoms with Crippen molar-refractivity contribution in [2.45, 2.75) is 92.1 Å². The fourth-order valence-electron chi connectivity index (χ4n) is 10.2. The van der Waals surface area contributed by atoms with Crippen molar-refractivity contribution in [2.24, 2.45) is 51.2 Å². The van der Waals surface area contributed by atoms with Crippen LogP contribution in [0.1, 0.15) is 86.0 Å². The van der Waals surface area contributed by atoms with Crippen LogP contribution in [0, 0.1) is 51.2 Å². The first-order chi connectivity index (χ1) is 12.6. The molecular formula is C25H42O2. The third-order valence-corrected chi connectivity index (χ3v) is 11.4. The zero-order valence-corrected chi connectivity index (χ0v) is 18.4. The Morgan fingerprint density at radius 1 is 0.778 bits per heavy atom. The Balaban J connectivity index is 1.56. The molecule has 1 aliphatic heterocycles. The average Bonchev–Trinajstić information content (AvgIpc) is 3.06. The summed E-state index contributed by atoms with van der Waals surface area (Å²) in [4.78, 5) is 0. The van der Waals surface area contributed by atoms with Gasteiger partial charge in [-0.25, -0.2) is 0 Å². The molecule has 1 heterocycles. The second-order valence-corrected chi connectivity index (χ2v) is 12.6. The van der Waals surface area contributed by atoms with Crippen LogP contribution in [0.2, 0.25) is 0 Å². The smallest absolute Gasteiger partial charge is 0.0603 e. The molecule has 154 valence electrons. The Bertz CT molecular complexity index is 613. The summed E-state index contributed by atoms with van der Waals surface area (Å²) in [6.07, 6.45) is 10.5. The molecule has 0 aromatic rings. The van der Waals surface area contributed by atoms with E-state index in [2.05, 4.69) is 34.6 Å². The molecule has 5 rings (SSSR count). The van der Waals surface area contributed by atoms with Crippen LogP contribution in [0.4, 0.5) is 0 Å². The van der Waals surface area contributed by atoms with Gasteiger partial charge in [0.15, 0.2) is 0 Å². The van der Waals surface area contributed by atoms with E-state index in [1.165, 1.54) is 44.9 Å². The number of hydrogen-bond acceptors (Lipinski definition) is 2. The molecule has 0 aromatic heterocycles. The Morgan fingerprint density at radius 2 is 1.52 bits per heavy atom. The normalized spacial score (nSPS) is 59.3. The van der Waals surface area contributed by atoms with Crippen LogP contribution in [0.5, 0.6) is 0 Å². The Labute approximate surface area is 166 Å². The third kappa shape index (κ3) is 2.26. The van der Waals surface area contributed by atoms with Crippen LogP contribution in [-0.2, 0) is 4.74 Å². The monoisotopic (exact) mass is 374 g/mol. The predicted octanol–water partition coefficient (Wildman–Crippen LogP) is 5.68. The van der Waals surface area contributed by atoms with Crippen molar-refractivity contribution >= 4 is 0 Å². The molecule has 0 amide bonds. The van der Waals surface area contributed by atoms with Crippen LogP contribution in [-0.4, -0.2) is 24.4 Å². The molecule has 5 aliphatic rings. The summed E-state index contributed by atoms with van der Waals surface area (Å²) < 4.78 is 5.94. The summed E-state index contributed by atoms with van der Waals surface area (Å²) in [6.45, 7) is 14.6. The van der Waals surface area contributed by atoms with Crippen molar-refractivity contribution in [3.63, 3.8) is 0 Å². The summed E-state index contributed by atoms with van der Waals surface area (Å²) in [5.41, 5.74) is 1.36. The Hall–Kier alpha value is -0.0800. The first-order valence-electron chi connectivity index (χ1n) is 11.9. The molecule has 1 N–H and O–H groups in total. The van der Waals surface area contributed by atoms with E-state index in [9.17, 15) is 5.11 Å². The highest BCUT2D eigenvalue weighted by Gasteiger charge is 2.69. The molecule has 4 saturated carbocycles. The van der Waals surface area contributed by atoms with Gasteiger partial charge in [-0.15, -0.1) is 0 Å². The molecule has 0 bridgehead atoms. The Kier molecular flexibility index (Phi) is 4.03. The van der Waals surface area contributed by atoms with E-state index in [1.54, 1.807) is 0 Å². The van der Waals surface area contributed by atoms with Gasteiger partial charge in [0.05, 0.1) is 12.7 Å². The largest absolute Gasteiger partial charge is 0.393 e. The molecule has 1 saturated heterocycles. The zero-order chi connectivity index (χ0) is 19.2. The van der Waals surface area contributed by atoms with Gasteiger partial charge >= 0.3 is 0 Å². The molecule has 4 aliphatic carbocycles. The number of rotatable bonds is 0. The number of ether oxygens (including phenoxy) is 1. The SMILES string of the molecule is CC1(C)CCC[C@]2(C)[C@H]3C[C@@H](O)[C@]4(C)[C@H]5COCC5CC[C@H]4[C@]3(C)CC[C@@H]12. The minimum Gasteiger partial charge on any atom is -0.393 e. The fourth-order valence-corrected chi connectivity index (χ4v) is 10.2. The van der Waals surface area contributed by atoms with Crippen LogP contribution in [0.3, 0.4) is 0 Å². The quantitative estimate of drug-likeness (QED) is 0.591. The van der Waals surface area contributed by atoms with Gasteiger partial charge in [-0.05, 0) is 90.8 Å². The lowest BCUT2D eigenvalue weighted by Gasteiger charge is -2.71. The highest BCUT2D eigenvalue weighted by Crippen LogP contribution is 2.73. The topological polar surface area (TPSA) is 29.5 Å². The highest BCUT2D eigenvalue weighted by atomic mass is 16.5. The van der Waals surface area contributed by atoms with E-state index in [0.29, 0.717) is 39.9 Å². The molecule has 27 heavy (non-hydrogen) atoms. The molecule has 9 atom stereocenters. The lowest BCUT2D eigenvalue weighted by molar-refractivity contribution is -0.247. The molecule has 2 heteroatoms. The summed E-state index contributed by atoms with van der Waals surface area (Å²) in [5, 5.41) is 11.6. The predicted molar refractivity (Wildman–Crippen MR) is 109 cm³/mol. The van der Waals surface area contributed by atoms with Crippen molar-refractivity contribution in [1.82, 2.24) is 0 Å². The number of fused-ring (bicyclic) bond motifs is 7. The van der Waals surface area contributed by atoms with E-state index in [4.69, 9.17) is 4.74 Å². The van der Waals surface area contributed by atoms with Crippen molar-refractivity contribution < 1.29 is 9.84 Å². The van der Waals surface area contributed by atoms with Gasteiger partial charge in [-0.1, -0.05) is 41.0 Å². The van der Waals surface area contributed by atoms with Crippen LogP contribution < -0.4 is 0 Å². The highest BCUT2D eigenvalue weighted by molar-refractivity contribution is 5.17. The standard InChI is InChI=1S/C25H42O2/c1-22(2)10-6-11-23(3)18(22)9-12-24(4)19-8-7-16-14-27-15-17(16)25(19,5)21(26)13-20(23)24/h16-21,26H,6-15H2,1-5H3/t16?,17-,18-,19-,20+,21+,23-,24-,25+/m0/s1. The van der Waals surface area contributed by atoms with Gasteiger partial charge in [0.1, 0.15) is 0 Å². The van der Waals surface area contributed by atoms with Gasteiger partial charge in [-0.2, -0.15) is 0 Å². The van der Waals surface area contributed by atoms with Crippen molar-refractivity contribution in [1.29, 1.82) is 0 Å². The number of aliphatic hydroxyl groups is 1. The molecule has 0 spiro atoms. The summed E-state index contributed by atoms with van der Waals surface area (Å²) in [7, 11) is 0. The lowest BCUT2D eigenvalue weighted by Crippen LogP contribution is -2.67. The Morgan fingerprint density at radius 3 is 2.30 bits per heavy atom. The summed E-state index contributed by atoms with van der Waals surface area (Å²) in [6, 6.07) is 0. The van der Waals surface area contributed by atoms with Gasteiger partial charge in [-0.3, -0.25) is 0 Å². The van der Waals surface area contributed by atoms with Crippen LogP contribution >= 0.6 is 0 Å². The third-order valence-electron chi connectivity index (χ3n) is 11.4. The summed E-state index contributed by atoms with van der Waals surface area (Å²) >= 11 is 0. The summed E-state index contributed by atoms with van der Waals surface area (Å²) in [5.74, 6) is 3.47. The maximum atomic E-state index is 11.6. The second kappa shape index (κ2) is 5.75. The van der Waals surface area contributed by atoms with E-state index in [1.807, 2.05) is 0 Å². The first-order valence-corrected chi connectivity index (χ1v) is 11.9. The van der Waals surface area contributed by atoms with Crippen molar-refractivity contribution in [2.75, 3.05) is 13.2 Å². The van der Waals surface area contributed by atoms with Crippen LogP contribution in [0.15, 0.2) is 0 Å². The molecule has 0 aromatic carbocycles. The zero-order valence-electron chi connectivity index (χ0n) is 18.4. The minimum atomic E-state index is -0.143. The van der Waals surface area contributed by atoms with Gasteiger partial charge in [0.2, 0.25) is 0 Å². The molecule has 5 fully saturated rings. The second-order valence-electron chi connectivity index (χ2n) is 12.6. The molecule has 1 unspecified atom stereocenters. The number of hydrogen-bond donors (Lipinski definition) is 1. The lowest BCUT2D eigenvalue weighted by atomic mass is 9.34. The van der Waals surface area contributed by atoms with E-state index < -0.39 is 0 Å². The first kappa shape index (κ1) is 18.9. The molecule has 0 radical (unpaired) electrons. The minimum absolute atomic E-state index is 0.0675. The maximum Gasteiger partial charge on any atom is 0.0603 e. The van der Waals surface area contributed by atoms with Gasteiger partial charge < -0.3 is 9.84 Å². The van der Waals surface area contributed by atoms with Crippen LogP contribution in [0.25, 0.3) is 0 Å². The molecule has 2 nitrogen and oxygen atoms in total. The van der Waals surface area contributed by atoms with Gasteiger partial charge in [0, 0.05) is 12.0 Å². The molecular weight excluding hydrogens is 332 g/mol. The van der Waals surface area contributed by atoms with Crippen molar-refractivity contribution in [3.8, 4) is 0 Å². The van der Waals surface area contributed by atoms with Crippen molar-refractivity contribution in [3.05, 3.63) is 0 Å². The fraction of sp³-hybridized carbons (Fsp3) is 1.00. The van der Waals surface area contributed by atoms with Gasteiger partial charge in [0.25, 0.3) is 0 Å². The van der Waals surface area contributed by atoms with E-state index in [-0.39, 0.29) is 11.5 Å². The average molecular weight is 375 g/mol. The maximum absolute atomic E-state index is 11.6. The number of aliphatic hydroxyl groups excluding tert-OH is 1. The van der Waals surface area contributed by atoms with E-state index in [0.717, 1.165) is 25.6 Å².